The van der Waals surface area contributed by atoms with Crippen LogP contribution in [0.5, 0.6) is 0 Å². The summed E-state index contributed by atoms with van der Waals surface area (Å²) < 4.78 is 6.27. The normalized spacial score (nSPS) is 14.9. The second-order valence-corrected chi connectivity index (χ2v) is 8.17. The first-order chi connectivity index (χ1) is 15.6. The summed E-state index contributed by atoms with van der Waals surface area (Å²) in [5.41, 5.74) is 7.51. The summed E-state index contributed by atoms with van der Waals surface area (Å²) in [7, 11) is 0. The average Bonchev–Trinajstić information content (AvgIpc) is 3.40. The molecule has 1 heterocycles. The van der Waals surface area contributed by atoms with Gasteiger partial charge in [0, 0.05) is 17.0 Å². The van der Waals surface area contributed by atoms with E-state index in [1.807, 2.05) is 42.5 Å². The predicted octanol–water partition coefficient (Wildman–Crippen LogP) is 5.61. The molecular weight excluding hydrogens is 400 g/mol. The van der Waals surface area contributed by atoms with Crippen LogP contribution >= 0.6 is 0 Å². The highest BCUT2D eigenvalue weighted by Crippen LogP contribution is 2.41. The number of nitrogens with zero attached hydrogens (tertiary/aromatic N) is 1. The Morgan fingerprint density at radius 1 is 1.16 bits per heavy atom. The van der Waals surface area contributed by atoms with E-state index in [0.29, 0.717) is 11.1 Å². The lowest BCUT2D eigenvalue weighted by Gasteiger charge is -2.12. The van der Waals surface area contributed by atoms with Gasteiger partial charge in [0.15, 0.2) is 5.58 Å². The maximum absolute atomic E-state index is 11.0. The van der Waals surface area contributed by atoms with Crippen LogP contribution in [-0.4, -0.2) is 17.6 Å². The summed E-state index contributed by atoms with van der Waals surface area (Å²) in [6, 6.07) is 22.7. The molecule has 5 heteroatoms. The molecule has 0 saturated heterocycles. The lowest BCUT2D eigenvalue weighted by Crippen LogP contribution is -2.26. The number of nitrogens with one attached hydrogen (secondary N) is 1. The van der Waals surface area contributed by atoms with Gasteiger partial charge in [0.05, 0.1) is 12.1 Å². The molecular formula is C27H22N2O3. The van der Waals surface area contributed by atoms with Crippen molar-refractivity contribution in [2.24, 2.45) is 0 Å². The lowest BCUT2D eigenvalue weighted by atomic mass is 9.95. The van der Waals surface area contributed by atoms with E-state index in [-0.39, 0.29) is 12.6 Å². The van der Waals surface area contributed by atoms with Crippen LogP contribution in [0.25, 0.3) is 33.4 Å². The monoisotopic (exact) mass is 422 g/mol. The van der Waals surface area contributed by atoms with Crippen LogP contribution in [0, 0.1) is 18.3 Å². The highest BCUT2D eigenvalue weighted by atomic mass is 16.4. The average molecular weight is 422 g/mol. The number of nitriles is 1. The molecule has 2 N–H and O–H groups in total. The van der Waals surface area contributed by atoms with E-state index in [0.717, 1.165) is 57.4 Å². The smallest absolute Gasteiger partial charge is 0.317 e. The van der Waals surface area contributed by atoms with Gasteiger partial charge in [-0.15, -0.1) is 0 Å². The SMILES string of the molecule is Cc1c(-c2ccccc2)cccc1-c1cc2cc3c(c(C#N)c2o1)CC[C@H]3NCC(=O)O. The summed E-state index contributed by atoms with van der Waals surface area (Å²) in [5, 5.41) is 22.9. The van der Waals surface area contributed by atoms with Crippen molar-refractivity contribution in [1.29, 1.82) is 5.26 Å². The number of aliphatic carboxylic acids is 1. The molecule has 32 heavy (non-hydrogen) atoms. The zero-order valence-electron chi connectivity index (χ0n) is 17.7. The number of hydrogen-bond donors (Lipinski definition) is 2. The Balaban J connectivity index is 1.61. The van der Waals surface area contributed by atoms with Gasteiger partial charge in [-0.3, -0.25) is 4.79 Å². The molecule has 5 nitrogen and oxygen atoms in total. The van der Waals surface area contributed by atoms with Crippen molar-refractivity contribution < 1.29 is 14.3 Å². The van der Waals surface area contributed by atoms with Gasteiger partial charge in [-0.2, -0.15) is 5.26 Å². The van der Waals surface area contributed by atoms with E-state index in [4.69, 9.17) is 9.52 Å². The lowest BCUT2D eigenvalue weighted by molar-refractivity contribution is -0.136. The standard InChI is InChI=1S/C27H22N2O3/c1-16-19(17-6-3-2-4-7-17)8-5-9-20(16)25-13-18-12-22-21(23(14-28)27(18)32-25)10-11-24(22)29-15-26(30)31/h2-9,12-13,24,29H,10-11,15H2,1H3,(H,30,31)/t24-/m1/s1. The van der Waals surface area contributed by atoms with E-state index >= 15 is 0 Å². The van der Waals surface area contributed by atoms with E-state index in [1.54, 1.807) is 0 Å². The van der Waals surface area contributed by atoms with Crippen LogP contribution in [0.3, 0.4) is 0 Å². The maximum Gasteiger partial charge on any atom is 0.317 e. The summed E-state index contributed by atoms with van der Waals surface area (Å²) in [6.45, 7) is 1.98. The van der Waals surface area contributed by atoms with Crippen LogP contribution in [0.2, 0.25) is 0 Å². The topological polar surface area (TPSA) is 86.3 Å². The predicted molar refractivity (Wildman–Crippen MR) is 123 cm³/mol. The van der Waals surface area contributed by atoms with Gasteiger partial charge in [-0.05, 0) is 59.7 Å². The first-order valence-corrected chi connectivity index (χ1v) is 10.7. The van der Waals surface area contributed by atoms with Crippen molar-refractivity contribution in [2.45, 2.75) is 25.8 Å². The molecule has 0 amide bonds. The van der Waals surface area contributed by atoms with Crippen molar-refractivity contribution in [3.05, 3.63) is 82.9 Å². The van der Waals surface area contributed by atoms with Crippen molar-refractivity contribution in [1.82, 2.24) is 5.32 Å². The zero-order chi connectivity index (χ0) is 22.2. The molecule has 0 bridgehead atoms. The molecule has 1 aliphatic carbocycles. The number of fused-ring (bicyclic) bond motifs is 2. The van der Waals surface area contributed by atoms with Gasteiger partial charge in [0.25, 0.3) is 0 Å². The second-order valence-electron chi connectivity index (χ2n) is 8.17. The molecule has 1 atom stereocenters. The highest BCUT2D eigenvalue weighted by molar-refractivity contribution is 5.90. The Hall–Kier alpha value is -3.88. The fraction of sp³-hybridized carbons (Fsp3) is 0.185. The zero-order valence-corrected chi connectivity index (χ0v) is 17.7. The van der Waals surface area contributed by atoms with Gasteiger partial charge in [-0.1, -0.05) is 48.5 Å². The van der Waals surface area contributed by atoms with Crippen molar-refractivity contribution in [3.8, 4) is 28.5 Å². The van der Waals surface area contributed by atoms with Crippen molar-refractivity contribution in [2.75, 3.05) is 6.54 Å². The molecule has 4 aromatic rings. The quantitative estimate of drug-likeness (QED) is 0.437. The Morgan fingerprint density at radius 2 is 1.94 bits per heavy atom. The van der Waals surface area contributed by atoms with E-state index in [1.165, 1.54) is 0 Å². The van der Waals surface area contributed by atoms with Crippen LogP contribution in [0.1, 0.15) is 34.7 Å². The molecule has 158 valence electrons. The first-order valence-electron chi connectivity index (χ1n) is 10.7. The minimum absolute atomic E-state index is 0.0703. The highest BCUT2D eigenvalue weighted by Gasteiger charge is 2.28. The van der Waals surface area contributed by atoms with E-state index in [9.17, 15) is 10.1 Å². The summed E-state index contributed by atoms with van der Waals surface area (Å²) in [4.78, 5) is 11.0. The molecule has 0 fully saturated rings. The van der Waals surface area contributed by atoms with Crippen LogP contribution < -0.4 is 5.32 Å². The number of furan rings is 1. The van der Waals surface area contributed by atoms with E-state index in [2.05, 4.69) is 36.5 Å². The van der Waals surface area contributed by atoms with Crippen molar-refractivity contribution in [3.63, 3.8) is 0 Å². The van der Waals surface area contributed by atoms with Gasteiger partial charge in [0.2, 0.25) is 0 Å². The van der Waals surface area contributed by atoms with E-state index < -0.39 is 5.97 Å². The minimum Gasteiger partial charge on any atom is -0.480 e. The molecule has 1 aliphatic rings. The second kappa shape index (κ2) is 7.99. The van der Waals surface area contributed by atoms with Crippen molar-refractivity contribution >= 4 is 16.9 Å². The number of carbonyl (C=O) groups is 1. The summed E-state index contributed by atoms with van der Waals surface area (Å²) >= 11 is 0. The fourth-order valence-corrected chi connectivity index (χ4v) is 4.77. The molecule has 5 rings (SSSR count). The Kier molecular flexibility index (Phi) is 5.01. The summed E-state index contributed by atoms with van der Waals surface area (Å²) in [6.07, 6.45) is 1.50. The third-order valence-corrected chi connectivity index (χ3v) is 6.30. The number of benzene rings is 3. The number of carboxylic acids is 1. The number of rotatable bonds is 5. The van der Waals surface area contributed by atoms with Crippen LogP contribution in [0.4, 0.5) is 0 Å². The molecule has 1 aromatic heterocycles. The fourth-order valence-electron chi connectivity index (χ4n) is 4.77. The Bertz CT molecular complexity index is 1380. The van der Waals surface area contributed by atoms with Gasteiger partial charge >= 0.3 is 5.97 Å². The van der Waals surface area contributed by atoms with Crippen LogP contribution in [0.15, 0.2) is 65.1 Å². The number of carboxylic acid groups (broad SMARTS) is 1. The maximum atomic E-state index is 11.0. The Morgan fingerprint density at radius 3 is 2.69 bits per heavy atom. The number of hydrogen-bond acceptors (Lipinski definition) is 4. The molecule has 3 aromatic carbocycles. The Labute approximate surface area is 185 Å². The van der Waals surface area contributed by atoms with Gasteiger partial charge in [-0.25, -0.2) is 0 Å². The molecule has 0 unspecified atom stereocenters. The largest absolute Gasteiger partial charge is 0.480 e. The van der Waals surface area contributed by atoms with Gasteiger partial charge in [0.1, 0.15) is 11.8 Å². The molecule has 0 radical (unpaired) electrons. The van der Waals surface area contributed by atoms with Gasteiger partial charge < -0.3 is 14.8 Å². The molecule has 0 aliphatic heterocycles. The molecule has 0 spiro atoms. The molecule has 0 saturated carbocycles. The third-order valence-electron chi connectivity index (χ3n) is 6.30. The van der Waals surface area contributed by atoms with Crippen LogP contribution in [-0.2, 0) is 11.2 Å². The summed E-state index contributed by atoms with van der Waals surface area (Å²) in [5.74, 6) is -0.162. The third kappa shape index (κ3) is 3.35. The first kappa shape index (κ1) is 20.0. The minimum atomic E-state index is -0.889.